The summed E-state index contributed by atoms with van der Waals surface area (Å²) < 4.78 is 6.27. The van der Waals surface area contributed by atoms with Crippen molar-refractivity contribution in [3.8, 4) is 11.5 Å². The van der Waals surface area contributed by atoms with Gasteiger partial charge in [-0.05, 0) is 37.3 Å². The van der Waals surface area contributed by atoms with Crippen molar-refractivity contribution < 1.29 is 9.84 Å². The molecule has 2 aromatic carbocycles. The van der Waals surface area contributed by atoms with Crippen LogP contribution in [0.1, 0.15) is 12.5 Å². The van der Waals surface area contributed by atoms with E-state index in [1.54, 1.807) is 25.3 Å². The highest BCUT2D eigenvalue weighted by atomic mass is 32.1. The molecule has 0 unspecified atom stereocenters. The first-order valence-corrected chi connectivity index (χ1v) is 7.52. The first kappa shape index (κ1) is 14.3. The van der Waals surface area contributed by atoms with Gasteiger partial charge >= 0.3 is 0 Å². The summed E-state index contributed by atoms with van der Waals surface area (Å²) in [6.07, 6.45) is 0. The number of fused-ring (bicyclic) bond motifs is 1. The van der Waals surface area contributed by atoms with Crippen LogP contribution in [0.15, 0.2) is 47.6 Å². The van der Waals surface area contributed by atoms with E-state index >= 15 is 0 Å². The fraction of sp³-hybridized carbons (Fsp3) is 0.125. The zero-order valence-electron chi connectivity index (χ0n) is 12.2. The van der Waals surface area contributed by atoms with Crippen molar-refractivity contribution in [2.45, 2.75) is 6.92 Å². The van der Waals surface area contributed by atoms with Crippen molar-refractivity contribution in [2.24, 2.45) is 5.10 Å². The normalized spacial score (nSPS) is 11.6. The Kier molecular flexibility index (Phi) is 3.93. The van der Waals surface area contributed by atoms with Crippen LogP contribution < -0.4 is 10.2 Å². The fourth-order valence-electron chi connectivity index (χ4n) is 2.04. The lowest BCUT2D eigenvalue weighted by Crippen LogP contribution is -2.00. The van der Waals surface area contributed by atoms with E-state index in [-0.39, 0.29) is 5.75 Å². The van der Waals surface area contributed by atoms with Crippen molar-refractivity contribution in [3.05, 3.63) is 48.0 Å². The van der Waals surface area contributed by atoms with Gasteiger partial charge in [-0.1, -0.05) is 23.5 Å². The average molecular weight is 313 g/mol. The van der Waals surface area contributed by atoms with Gasteiger partial charge in [0.1, 0.15) is 11.5 Å². The minimum Gasteiger partial charge on any atom is -0.507 e. The second-order valence-electron chi connectivity index (χ2n) is 4.68. The first-order chi connectivity index (χ1) is 10.7. The molecule has 0 bridgehead atoms. The molecule has 0 spiro atoms. The lowest BCUT2D eigenvalue weighted by atomic mass is 10.1. The molecule has 0 aliphatic carbocycles. The highest BCUT2D eigenvalue weighted by Gasteiger charge is 2.07. The quantitative estimate of drug-likeness (QED) is 0.567. The molecule has 0 saturated heterocycles. The third-order valence-corrected chi connectivity index (χ3v) is 4.15. The summed E-state index contributed by atoms with van der Waals surface area (Å²) >= 11 is 1.53. The summed E-state index contributed by atoms with van der Waals surface area (Å²) in [5.41, 5.74) is 5.14. The Balaban J connectivity index is 1.85. The molecule has 5 nitrogen and oxygen atoms in total. The number of methoxy groups -OCH3 is 1. The van der Waals surface area contributed by atoms with Gasteiger partial charge in [0.15, 0.2) is 0 Å². The Labute approximate surface area is 131 Å². The molecule has 3 rings (SSSR count). The van der Waals surface area contributed by atoms with Crippen molar-refractivity contribution in [1.82, 2.24) is 4.98 Å². The summed E-state index contributed by atoms with van der Waals surface area (Å²) in [7, 11) is 1.59. The van der Waals surface area contributed by atoms with Gasteiger partial charge in [0.25, 0.3) is 0 Å². The number of benzene rings is 2. The third kappa shape index (κ3) is 2.87. The first-order valence-electron chi connectivity index (χ1n) is 6.70. The predicted molar refractivity (Wildman–Crippen MR) is 90.1 cm³/mol. The fourth-order valence-corrected chi connectivity index (χ4v) is 2.85. The molecule has 6 heteroatoms. The van der Waals surface area contributed by atoms with E-state index in [9.17, 15) is 5.11 Å². The number of aromatic nitrogens is 1. The Morgan fingerprint density at radius 3 is 2.86 bits per heavy atom. The molecular weight excluding hydrogens is 298 g/mol. The highest BCUT2D eigenvalue weighted by molar-refractivity contribution is 7.22. The van der Waals surface area contributed by atoms with Crippen LogP contribution in [0.2, 0.25) is 0 Å². The van der Waals surface area contributed by atoms with Crippen molar-refractivity contribution in [1.29, 1.82) is 0 Å². The molecule has 0 aliphatic rings. The number of aromatic hydroxyl groups is 1. The van der Waals surface area contributed by atoms with E-state index in [0.29, 0.717) is 22.2 Å². The second-order valence-corrected chi connectivity index (χ2v) is 5.71. The van der Waals surface area contributed by atoms with Gasteiger partial charge in [0, 0.05) is 5.56 Å². The number of para-hydroxylation sites is 1. The maximum absolute atomic E-state index is 9.94. The topological polar surface area (TPSA) is 66.7 Å². The Bertz CT molecular complexity index is 809. The molecule has 1 heterocycles. The molecule has 0 radical (unpaired) electrons. The van der Waals surface area contributed by atoms with Crippen LogP contribution in [0.3, 0.4) is 0 Å². The smallest absolute Gasteiger partial charge is 0.204 e. The van der Waals surface area contributed by atoms with E-state index in [2.05, 4.69) is 15.5 Å². The number of hydrazone groups is 1. The Morgan fingerprint density at radius 1 is 1.27 bits per heavy atom. The van der Waals surface area contributed by atoms with Crippen LogP contribution in [0.5, 0.6) is 11.5 Å². The van der Waals surface area contributed by atoms with Gasteiger partial charge in [0.05, 0.1) is 23.0 Å². The van der Waals surface area contributed by atoms with Gasteiger partial charge < -0.3 is 9.84 Å². The van der Waals surface area contributed by atoms with Gasteiger partial charge in [-0.25, -0.2) is 4.98 Å². The van der Waals surface area contributed by atoms with Crippen LogP contribution in [-0.2, 0) is 0 Å². The van der Waals surface area contributed by atoms with E-state index < -0.39 is 0 Å². The van der Waals surface area contributed by atoms with Crippen LogP contribution in [0, 0.1) is 0 Å². The highest BCUT2D eigenvalue weighted by Crippen LogP contribution is 2.26. The molecule has 0 amide bonds. The van der Waals surface area contributed by atoms with E-state index in [4.69, 9.17) is 4.74 Å². The van der Waals surface area contributed by atoms with Crippen LogP contribution in [0.25, 0.3) is 10.2 Å². The maximum Gasteiger partial charge on any atom is 0.204 e. The van der Waals surface area contributed by atoms with Gasteiger partial charge in [-0.15, -0.1) is 0 Å². The van der Waals surface area contributed by atoms with E-state index in [1.165, 1.54) is 11.3 Å². The Morgan fingerprint density at radius 2 is 2.09 bits per heavy atom. The van der Waals surface area contributed by atoms with E-state index in [0.717, 1.165) is 10.2 Å². The molecule has 2 N–H and O–H groups in total. The summed E-state index contributed by atoms with van der Waals surface area (Å²) in [5, 5.41) is 14.9. The molecular formula is C16H15N3O2S. The monoisotopic (exact) mass is 313 g/mol. The minimum absolute atomic E-state index is 0.160. The van der Waals surface area contributed by atoms with Gasteiger partial charge in [-0.2, -0.15) is 5.10 Å². The van der Waals surface area contributed by atoms with Crippen LogP contribution in [-0.4, -0.2) is 22.9 Å². The molecule has 22 heavy (non-hydrogen) atoms. The zero-order valence-corrected chi connectivity index (χ0v) is 13.0. The number of hydrogen-bond donors (Lipinski definition) is 2. The van der Waals surface area contributed by atoms with Crippen LogP contribution >= 0.6 is 11.3 Å². The third-order valence-electron chi connectivity index (χ3n) is 3.21. The standard InChI is InChI=1S/C16H15N3O2S/c1-10(12-9-11(21-2)7-8-14(12)20)18-19-16-17-13-5-3-4-6-15(13)22-16/h3-9,20H,1-2H3,(H,17,19)/b18-10+. The molecule has 3 aromatic rings. The van der Waals surface area contributed by atoms with Gasteiger partial charge in [-0.3, -0.25) is 5.43 Å². The minimum atomic E-state index is 0.160. The number of anilines is 1. The predicted octanol–water partition coefficient (Wildman–Crippen LogP) is 3.85. The van der Waals surface area contributed by atoms with E-state index in [1.807, 2.05) is 31.2 Å². The van der Waals surface area contributed by atoms with Crippen molar-refractivity contribution >= 4 is 32.4 Å². The van der Waals surface area contributed by atoms with Gasteiger partial charge in [0.2, 0.25) is 5.13 Å². The average Bonchev–Trinajstić information content (AvgIpc) is 2.96. The second kappa shape index (κ2) is 6.03. The summed E-state index contributed by atoms with van der Waals surface area (Å²) in [6, 6.07) is 12.9. The number of nitrogens with one attached hydrogen (secondary N) is 1. The molecule has 112 valence electrons. The number of ether oxygens (including phenoxy) is 1. The lowest BCUT2D eigenvalue weighted by molar-refractivity contribution is 0.412. The number of rotatable bonds is 4. The number of nitrogens with zero attached hydrogens (tertiary/aromatic N) is 2. The number of hydrogen-bond acceptors (Lipinski definition) is 6. The molecule has 0 aliphatic heterocycles. The van der Waals surface area contributed by atoms with Crippen molar-refractivity contribution in [2.75, 3.05) is 12.5 Å². The molecule has 0 fully saturated rings. The van der Waals surface area contributed by atoms with Crippen molar-refractivity contribution in [3.63, 3.8) is 0 Å². The summed E-state index contributed by atoms with van der Waals surface area (Å²) in [4.78, 5) is 4.45. The summed E-state index contributed by atoms with van der Waals surface area (Å²) in [6.45, 7) is 1.81. The Hall–Kier alpha value is -2.60. The number of thiazole rings is 1. The SMILES string of the molecule is COc1ccc(O)c(/C(C)=N/Nc2nc3ccccc3s2)c1. The number of phenolic OH excluding ortho intramolecular Hbond substituents is 1. The summed E-state index contributed by atoms with van der Waals surface area (Å²) in [5.74, 6) is 0.829. The lowest BCUT2D eigenvalue weighted by Gasteiger charge is -2.06. The zero-order chi connectivity index (χ0) is 15.5. The largest absolute Gasteiger partial charge is 0.507 e. The maximum atomic E-state index is 9.94. The number of phenols is 1. The molecule has 0 atom stereocenters. The van der Waals surface area contributed by atoms with Crippen LogP contribution in [0.4, 0.5) is 5.13 Å². The molecule has 1 aromatic heterocycles. The molecule has 0 saturated carbocycles.